The molecule has 2 heterocycles. The highest BCUT2D eigenvalue weighted by atomic mass is 32.1. The first-order valence-corrected chi connectivity index (χ1v) is 10.3. The van der Waals surface area contributed by atoms with Crippen LogP contribution in [0.4, 0.5) is 0 Å². The van der Waals surface area contributed by atoms with E-state index in [1.165, 1.54) is 11.3 Å². The zero-order valence-electron chi connectivity index (χ0n) is 17.4. The van der Waals surface area contributed by atoms with Crippen molar-refractivity contribution < 1.29 is 19.0 Å². The van der Waals surface area contributed by atoms with E-state index in [4.69, 9.17) is 14.2 Å². The molecule has 1 aromatic carbocycles. The monoisotopic (exact) mass is 418 g/mol. The number of rotatable bonds is 8. The lowest BCUT2D eigenvalue weighted by Crippen LogP contribution is -2.20. The van der Waals surface area contributed by atoms with Gasteiger partial charge in [-0.25, -0.2) is 0 Å². The molecular weight excluding hydrogens is 392 g/mol. The maximum absolute atomic E-state index is 12.9. The number of nitrogens with zero attached hydrogens (tertiary/aromatic N) is 4. The topological polar surface area (TPSA) is 79.9 Å². The summed E-state index contributed by atoms with van der Waals surface area (Å²) < 4.78 is 21.1. The van der Waals surface area contributed by atoms with E-state index in [2.05, 4.69) is 10.1 Å². The van der Waals surface area contributed by atoms with Crippen LogP contribution in [-0.4, -0.2) is 47.7 Å². The van der Waals surface area contributed by atoms with Crippen LogP contribution in [0.25, 0.3) is 10.2 Å². The molecule has 0 bridgehead atoms. The smallest absolute Gasteiger partial charge is 0.297 e. The molecule has 0 atom stereocenters. The Morgan fingerprint density at radius 2 is 1.93 bits per heavy atom. The van der Waals surface area contributed by atoms with Gasteiger partial charge in [0, 0.05) is 19.7 Å². The number of benzene rings is 1. The van der Waals surface area contributed by atoms with E-state index in [1.807, 2.05) is 37.5 Å². The van der Waals surface area contributed by atoms with Gasteiger partial charge in [0.15, 0.2) is 4.80 Å². The number of aryl methyl sites for hydroxylation is 2. The lowest BCUT2D eigenvalue weighted by molar-refractivity contribution is 0.0986. The van der Waals surface area contributed by atoms with Crippen LogP contribution in [0.1, 0.15) is 30.0 Å². The number of carbonyl (C=O) groups excluding carboxylic acids is 1. The maximum Gasteiger partial charge on any atom is 0.297 e. The van der Waals surface area contributed by atoms with Crippen molar-refractivity contribution in [3.63, 3.8) is 0 Å². The van der Waals surface area contributed by atoms with E-state index in [1.54, 1.807) is 25.0 Å². The molecule has 0 N–H and O–H groups in total. The fourth-order valence-electron chi connectivity index (χ4n) is 3.15. The molecule has 0 radical (unpaired) electrons. The first-order chi connectivity index (χ1) is 14.0. The summed E-state index contributed by atoms with van der Waals surface area (Å²) in [5.41, 5.74) is 2.09. The molecule has 2 aromatic heterocycles. The summed E-state index contributed by atoms with van der Waals surface area (Å²) in [6.07, 6.45) is 0. The van der Waals surface area contributed by atoms with E-state index in [0.717, 1.165) is 15.9 Å². The highest BCUT2D eigenvalue weighted by molar-refractivity contribution is 7.16. The maximum atomic E-state index is 12.9. The molecule has 0 aliphatic heterocycles. The van der Waals surface area contributed by atoms with Gasteiger partial charge < -0.3 is 18.8 Å². The van der Waals surface area contributed by atoms with Crippen molar-refractivity contribution in [2.24, 2.45) is 4.99 Å². The Balaban J connectivity index is 2.20. The summed E-state index contributed by atoms with van der Waals surface area (Å²) in [7, 11) is 3.24. The molecule has 0 fully saturated rings. The van der Waals surface area contributed by atoms with Crippen molar-refractivity contribution in [1.29, 1.82) is 0 Å². The number of fused-ring (bicyclic) bond motifs is 1. The third-order valence-corrected chi connectivity index (χ3v) is 5.57. The van der Waals surface area contributed by atoms with Crippen molar-refractivity contribution in [1.82, 2.24) is 14.3 Å². The molecule has 0 saturated heterocycles. The Kier molecular flexibility index (Phi) is 6.71. The van der Waals surface area contributed by atoms with Crippen molar-refractivity contribution in [2.75, 3.05) is 27.4 Å². The average Bonchev–Trinajstić information content (AvgIpc) is 3.28. The van der Waals surface area contributed by atoms with E-state index >= 15 is 0 Å². The number of hydrogen-bond donors (Lipinski definition) is 0. The first kappa shape index (κ1) is 21.1. The third kappa shape index (κ3) is 4.20. The Morgan fingerprint density at radius 1 is 1.21 bits per heavy atom. The lowest BCUT2D eigenvalue weighted by Gasteiger charge is -2.10. The van der Waals surface area contributed by atoms with Crippen LogP contribution in [-0.2, 0) is 17.8 Å². The predicted molar refractivity (Wildman–Crippen MR) is 112 cm³/mol. The fraction of sp³-hybridized carbons (Fsp3) is 0.450. The highest BCUT2D eigenvalue weighted by Crippen LogP contribution is 2.35. The molecule has 0 saturated carbocycles. The minimum atomic E-state index is -0.331. The number of hydrogen-bond acceptors (Lipinski definition) is 6. The largest absolute Gasteiger partial charge is 0.495 e. The van der Waals surface area contributed by atoms with Crippen molar-refractivity contribution in [3.05, 3.63) is 34.4 Å². The van der Waals surface area contributed by atoms with Gasteiger partial charge in [-0.05, 0) is 39.0 Å². The number of aromatic nitrogens is 3. The quantitative estimate of drug-likeness (QED) is 0.526. The van der Waals surface area contributed by atoms with Gasteiger partial charge in [-0.1, -0.05) is 11.3 Å². The normalized spacial score (nSPS) is 12.0. The van der Waals surface area contributed by atoms with Gasteiger partial charge in [0.05, 0.1) is 26.5 Å². The highest BCUT2D eigenvalue weighted by Gasteiger charge is 2.18. The molecule has 3 rings (SSSR count). The SMILES string of the molecule is CCOCCn1c(=NC(=O)c2cc(C)nn2CC)sc2c(OC)ccc(OC)c21. The molecular formula is C20H26N4O4S. The average molecular weight is 419 g/mol. The van der Waals surface area contributed by atoms with Gasteiger partial charge in [-0.2, -0.15) is 10.1 Å². The number of ether oxygens (including phenoxy) is 3. The second kappa shape index (κ2) is 9.23. The van der Waals surface area contributed by atoms with Gasteiger partial charge in [-0.15, -0.1) is 0 Å². The number of thiazole rings is 1. The first-order valence-electron chi connectivity index (χ1n) is 9.49. The molecule has 1 amide bonds. The zero-order valence-corrected chi connectivity index (χ0v) is 18.2. The molecule has 9 heteroatoms. The Labute approximate surface area is 173 Å². The van der Waals surface area contributed by atoms with Crippen LogP contribution >= 0.6 is 11.3 Å². The third-order valence-electron chi connectivity index (χ3n) is 4.47. The van der Waals surface area contributed by atoms with Crippen molar-refractivity contribution in [3.8, 4) is 11.5 Å². The molecule has 156 valence electrons. The van der Waals surface area contributed by atoms with Gasteiger partial charge in [-0.3, -0.25) is 9.48 Å². The molecule has 0 aliphatic rings. The second-order valence-corrected chi connectivity index (χ2v) is 7.26. The predicted octanol–water partition coefficient (Wildman–Crippen LogP) is 3.02. The molecule has 0 unspecified atom stereocenters. The van der Waals surface area contributed by atoms with Gasteiger partial charge in [0.2, 0.25) is 0 Å². The Bertz CT molecular complexity index is 1080. The summed E-state index contributed by atoms with van der Waals surface area (Å²) in [6.45, 7) is 8.00. The zero-order chi connectivity index (χ0) is 21.0. The minimum absolute atomic E-state index is 0.331. The van der Waals surface area contributed by atoms with Crippen LogP contribution in [0, 0.1) is 6.92 Å². The summed E-state index contributed by atoms with van der Waals surface area (Å²) in [4.78, 5) is 17.9. The van der Waals surface area contributed by atoms with Crippen molar-refractivity contribution in [2.45, 2.75) is 33.9 Å². The van der Waals surface area contributed by atoms with E-state index < -0.39 is 0 Å². The van der Waals surface area contributed by atoms with Gasteiger partial charge in [0.25, 0.3) is 5.91 Å². The molecule has 8 nitrogen and oxygen atoms in total. The van der Waals surface area contributed by atoms with E-state index in [-0.39, 0.29) is 5.91 Å². The Morgan fingerprint density at radius 3 is 2.59 bits per heavy atom. The molecule has 0 spiro atoms. The fourth-order valence-corrected chi connectivity index (χ4v) is 4.31. The Hall–Kier alpha value is -2.65. The van der Waals surface area contributed by atoms with Crippen LogP contribution in [0.3, 0.4) is 0 Å². The lowest BCUT2D eigenvalue weighted by atomic mass is 10.3. The molecule has 3 aromatic rings. The van der Waals surface area contributed by atoms with Gasteiger partial charge in [0.1, 0.15) is 27.4 Å². The van der Waals surface area contributed by atoms with Crippen LogP contribution in [0.15, 0.2) is 23.2 Å². The number of methoxy groups -OCH3 is 2. The number of amides is 1. The summed E-state index contributed by atoms with van der Waals surface area (Å²) >= 11 is 1.39. The van der Waals surface area contributed by atoms with Crippen LogP contribution in [0.5, 0.6) is 11.5 Å². The second-order valence-electron chi connectivity index (χ2n) is 6.28. The minimum Gasteiger partial charge on any atom is -0.495 e. The van der Waals surface area contributed by atoms with Crippen LogP contribution < -0.4 is 14.3 Å². The summed E-state index contributed by atoms with van der Waals surface area (Å²) in [6, 6.07) is 5.46. The summed E-state index contributed by atoms with van der Waals surface area (Å²) in [5.74, 6) is 1.07. The van der Waals surface area contributed by atoms with Crippen LogP contribution in [0.2, 0.25) is 0 Å². The van der Waals surface area contributed by atoms with E-state index in [9.17, 15) is 4.79 Å². The molecule has 0 aliphatic carbocycles. The summed E-state index contributed by atoms with van der Waals surface area (Å²) in [5, 5.41) is 4.34. The number of carbonyl (C=O) groups is 1. The molecule has 29 heavy (non-hydrogen) atoms. The standard InChI is InChI=1S/C20H26N4O4S/c1-6-24-14(12-13(3)22-24)19(25)21-20-23(10-11-28-7-2)17-15(26-4)8-9-16(27-5)18(17)29-20/h8-9,12H,6-7,10-11H2,1-5H3. The van der Waals surface area contributed by atoms with Crippen molar-refractivity contribution >= 4 is 27.5 Å². The van der Waals surface area contributed by atoms with E-state index in [0.29, 0.717) is 48.3 Å². The van der Waals surface area contributed by atoms with Gasteiger partial charge >= 0.3 is 0 Å².